The van der Waals surface area contributed by atoms with Crippen molar-refractivity contribution in [3.63, 3.8) is 0 Å². The van der Waals surface area contributed by atoms with Gasteiger partial charge in [-0.3, -0.25) is 4.90 Å². The SMILES string of the molecule is CCNC(CO)CN1CCN(c2cccc(OC)c2)CC1. The van der Waals surface area contributed by atoms with E-state index >= 15 is 0 Å². The average Bonchev–Trinajstić information content (AvgIpc) is 2.55. The molecule has 0 amide bonds. The molecule has 0 radical (unpaired) electrons. The monoisotopic (exact) mass is 293 g/mol. The molecule has 1 aromatic carbocycles. The number of methoxy groups -OCH3 is 1. The molecule has 118 valence electrons. The van der Waals surface area contributed by atoms with Crippen molar-refractivity contribution >= 4 is 5.69 Å². The highest BCUT2D eigenvalue weighted by molar-refractivity contribution is 5.51. The first-order valence-electron chi connectivity index (χ1n) is 7.72. The highest BCUT2D eigenvalue weighted by Crippen LogP contribution is 2.22. The fraction of sp³-hybridized carbons (Fsp3) is 0.625. The fourth-order valence-corrected chi connectivity index (χ4v) is 2.78. The number of piperazine rings is 1. The van der Waals surface area contributed by atoms with Crippen molar-refractivity contribution in [3.05, 3.63) is 24.3 Å². The number of rotatable bonds is 7. The third kappa shape index (κ3) is 4.59. The Labute approximate surface area is 127 Å². The topological polar surface area (TPSA) is 48.0 Å². The number of aliphatic hydroxyl groups excluding tert-OH is 1. The third-order valence-corrected chi connectivity index (χ3v) is 3.98. The van der Waals surface area contributed by atoms with Crippen LogP contribution >= 0.6 is 0 Å². The molecule has 1 saturated heterocycles. The van der Waals surface area contributed by atoms with Crippen molar-refractivity contribution in [1.82, 2.24) is 10.2 Å². The molecule has 1 aromatic rings. The second-order valence-electron chi connectivity index (χ2n) is 5.43. The first kappa shape index (κ1) is 16.1. The van der Waals surface area contributed by atoms with E-state index in [4.69, 9.17) is 4.74 Å². The number of ether oxygens (including phenoxy) is 1. The highest BCUT2D eigenvalue weighted by Gasteiger charge is 2.19. The Bertz CT molecular complexity index is 420. The first-order valence-corrected chi connectivity index (χ1v) is 7.72. The van der Waals surface area contributed by atoms with Gasteiger partial charge in [0.1, 0.15) is 5.75 Å². The lowest BCUT2D eigenvalue weighted by Crippen LogP contribution is -2.51. The van der Waals surface area contributed by atoms with Crippen LogP contribution in [0.4, 0.5) is 5.69 Å². The minimum Gasteiger partial charge on any atom is -0.497 e. The molecule has 0 spiro atoms. The zero-order valence-electron chi connectivity index (χ0n) is 13.1. The number of nitrogens with one attached hydrogen (secondary N) is 1. The molecule has 2 N–H and O–H groups in total. The Kier molecular flexibility index (Phi) is 6.29. The Morgan fingerprint density at radius 1 is 1.29 bits per heavy atom. The van der Waals surface area contributed by atoms with Gasteiger partial charge in [-0.2, -0.15) is 0 Å². The minimum atomic E-state index is 0.179. The largest absolute Gasteiger partial charge is 0.497 e. The van der Waals surface area contributed by atoms with E-state index in [9.17, 15) is 5.11 Å². The number of hydrogen-bond acceptors (Lipinski definition) is 5. The highest BCUT2D eigenvalue weighted by atomic mass is 16.5. The van der Waals surface area contributed by atoms with Crippen molar-refractivity contribution < 1.29 is 9.84 Å². The maximum atomic E-state index is 9.36. The van der Waals surface area contributed by atoms with Crippen molar-refractivity contribution in [2.45, 2.75) is 13.0 Å². The molecule has 21 heavy (non-hydrogen) atoms. The average molecular weight is 293 g/mol. The van der Waals surface area contributed by atoms with Crippen LogP contribution in [0.3, 0.4) is 0 Å². The van der Waals surface area contributed by atoms with Gasteiger partial charge in [0.2, 0.25) is 0 Å². The molecule has 1 fully saturated rings. The standard InChI is InChI=1S/C16H27N3O2/c1-3-17-14(13-20)12-18-7-9-19(10-8-18)15-5-4-6-16(11-15)21-2/h4-6,11,14,17,20H,3,7-10,12-13H2,1-2H3. The zero-order valence-corrected chi connectivity index (χ0v) is 13.1. The van der Waals surface area contributed by atoms with Crippen LogP contribution in [0.1, 0.15) is 6.92 Å². The normalized spacial score (nSPS) is 17.8. The van der Waals surface area contributed by atoms with Crippen LogP contribution in [0.5, 0.6) is 5.75 Å². The van der Waals surface area contributed by atoms with Crippen LogP contribution < -0.4 is 15.0 Å². The van der Waals surface area contributed by atoms with E-state index in [-0.39, 0.29) is 12.6 Å². The Morgan fingerprint density at radius 3 is 2.67 bits per heavy atom. The van der Waals surface area contributed by atoms with Crippen molar-refractivity contribution in [2.24, 2.45) is 0 Å². The van der Waals surface area contributed by atoms with Crippen LogP contribution in [0.25, 0.3) is 0 Å². The summed E-state index contributed by atoms with van der Waals surface area (Å²) in [5.41, 5.74) is 1.22. The molecule has 5 nitrogen and oxygen atoms in total. The molecule has 0 saturated carbocycles. The van der Waals surface area contributed by atoms with E-state index in [1.54, 1.807) is 7.11 Å². The van der Waals surface area contributed by atoms with Gasteiger partial charge in [0.15, 0.2) is 0 Å². The molecule has 1 unspecified atom stereocenters. The summed E-state index contributed by atoms with van der Waals surface area (Å²) in [6.07, 6.45) is 0. The van der Waals surface area contributed by atoms with Gasteiger partial charge in [-0.05, 0) is 18.7 Å². The number of anilines is 1. The predicted octanol–water partition coefficient (Wildman–Crippen LogP) is 0.788. The molecule has 0 aromatic heterocycles. The smallest absolute Gasteiger partial charge is 0.120 e. The van der Waals surface area contributed by atoms with E-state index < -0.39 is 0 Å². The van der Waals surface area contributed by atoms with Crippen LogP contribution in [0.15, 0.2) is 24.3 Å². The van der Waals surface area contributed by atoms with Gasteiger partial charge in [0.25, 0.3) is 0 Å². The summed E-state index contributed by atoms with van der Waals surface area (Å²) in [6.45, 7) is 8.16. The van der Waals surface area contributed by atoms with Crippen LogP contribution in [0.2, 0.25) is 0 Å². The molecule has 0 bridgehead atoms. The van der Waals surface area contributed by atoms with Crippen molar-refractivity contribution in [2.75, 3.05) is 57.9 Å². The van der Waals surface area contributed by atoms with Gasteiger partial charge in [-0.1, -0.05) is 13.0 Å². The number of aliphatic hydroxyl groups is 1. The summed E-state index contributed by atoms with van der Waals surface area (Å²) in [4.78, 5) is 4.81. The minimum absolute atomic E-state index is 0.179. The van der Waals surface area contributed by atoms with Gasteiger partial charge in [0, 0.05) is 50.5 Å². The lowest BCUT2D eigenvalue weighted by atomic mass is 10.2. The molecular weight excluding hydrogens is 266 g/mol. The third-order valence-electron chi connectivity index (χ3n) is 3.98. The maximum Gasteiger partial charge on any atom is 0.120 e. The summed E-state index contributed by atoms with van der Waals surface area (Å²) in [5.74, 6) is 0.905. The Balaban J connectivity index is 1.85. The Morgan fingerprint density at radius 2 is 2.05 bits per heavy atom. The number of hydrogen-bond donors (Lipinski definition) is 2. The molecule has 5 heteroatoms. The van der Waals surface area contributed by atoms with Crippen LogP contribution in [-0.2, 0) is 0 Å². The summed E-state index contributed by atoms with van der Waals surface area (Å²) < 4.78 is 5.29. The molecule has 1 heterocycles. The predicted molar refractivity (Wildman–Crippen MR) is 86.2 cm³/mol. The summed E-state index contributed by atoms with van der Waals surface area (Å²) >= 11 is 0. The lowest BCUT2D eigenvalue weighted by molar-refractivity contribution is 0.176. The maximum absolute atomic E-state index is 9.36. The molecule has 0 aliphatic carbocycles. The van der Waals surface area contributed by atoms with E-state index in [0.717, 1.165) is 45.0 Å². The van der Waals surface area contributed by atoms with Gasteiger partial charge in [-0.25, -0.2) is 0 Å². The summed E-state index contributed by atoms with van der Waals surface area (Å²) in [6, 6.07) is 8.41. The van der Waals surface area contributed by atoms with Crippen molar-refractivity contribution in [3.8, 4) is 5.75 Å². The van der Waals surface area contributed by atoms with E-state index in [0.29, 0.717) is 0 Å². The number of nitrogens with zero attached hydrogens (tertiary/aromatic N) is 2. The molecular formula is C16H27N3O2. The Hall–Kier alpha value is -1.30. The van der Waals surface area contributed by atoms with Gasteiger partial charge < -0.3 is 20.1 Å². The summed E-state index contributed by atoms with van der Waals surface area (Å²) in [7, 11) is 1.70. The molecule has 1 aliphatic heterocycles. The quantitative estimate of drug-likeness (QED) is 0.778. The van der Waals surface area contributed by atoms with Crippen LogP contribution in [-0.4, -0.2) is 69.0 Å². The lowest BCUT2D eigenvalue weighted by Gasteiger charge is -2.37. The second kappa shape index (κ2) is 8.22. The van der Waals surface area contributed by atoms with Gasteiger partial charge >= 0.3 is 0 Å². The van der Waals surface area contributed by atoms with E-state index in [1.165, 1.54) is 5.69 Å². The van der Waals surface area contributed by atoms with Crippen LogP contribution in [0, 0.1) is 0 Å². The first-order chi connectivity index (χ1) is 10.3. The van der Waals surface area contributed by atoms with Crippen molar-refractivity contribution in [1.29, 1.82) is 0 Å². The van der Waals surface area contributed by atoms with Gasteiger partial charge in [0.05, 0.1) is 13.7 Å². The molecule has 2 rings (SSSR count). The second-order valence-corrected chi connectivity index (χ2v) is 5.43. The fourth-order valence-electron chi connectivity index (χ4n) is 2.78. The molecule has 1 atom stereocenters. The van der Waals surface area contributed by atoms with E-state index in [1.807, 2.05) is 12.1 Å². The number of benzene rings is 1. The van der Waals surface area contributed by atoms with E-state index in [2.05, 4.69) is 34.2 Å². The van der Waals surface area contributed by atoms with Gasteiger partial charge in [-0.15, -0.1) is 0 Å². The number of likely N-dealkylation sites (N-methyl/N-ethyl adjacent to an activating group) is 1. The summed E-state index contributed by atoms with van der Waals surface area (Å²) in [5, 5.41) is 12.7. The zero-order chi connectivity index (χ0) is 15.1. The molecule has 1 aliphatic rings.